The number of methoxy groups -OCH3 is 2. The van der Waals surface area contributed by atoms with Crippen LogP contribution >= 0.6 is 0 Å². The predicted octanol–water partition coefficient (Wildman–Crippen LogP) is 5.73. The largest absolute Gasteiger partial charge is 0.493 e. The van der Waals surface area contributed by atoms with Gasteiger partial charge < -0.3 is 14.2 Å². The second-order valence-electron chi connectivity index (χ2n) is 8.85. The lowest BCUT2D eigenvalue weighted by atomic mass is 9.70. The fourth-order valence-electron chi connectivity index (χ4n) is 4.65. The van der Waals surface area contributed by atoms with Gasteiger partial charge in [0.1, 0.15) is 11.4 Å². The van der Waals surface area contributed by atoms with Crippen LogP contribution in [0.4, 0.5) is 0 Å². The van der Waals surface area contributed by atoms with E-state index in [0.717, 1.165) is 12.8 Å². The van der Waals surface area contributed by atoms with Crippen LogP contribution in [0.2, 0.25) is 0 Å². The highest BCUT2D eigenvalue weighted by Gasteiger charge is 2.38. The van der Waals surface area contributed by atoms with E-state index >= 15 is 0 Å². The maximum atomic E-state index is 12.8. The molecule has 4 heteroatoms. The Morgan fingerprint density at radius 2 is 1.78 bits per heavy atom. The van der Waals surface area contributed by atoms with Gasteiger partial charge in [-0.05, 0) is 57.4 Å². The van der Waals surface area contributed by atoms with Gasteiger partial charge in [-0.1, -0.05) is 25.0 Å². The van der Waals surface area contributed by atoms with Gasteiger partial charge in [0.25, 0.3) is 0 Å². The third-order valence-electron chi connectivity index (χ3n) is 6.27. The molecule has 1 unspecified atom stereocenters. The maximum absolute atomic E-state index is 12.8. The van der Waals surface area contributed by atoms with E-state index < -0.39 is 5.60 Å². The Morgan fingerprint density at radius 3 is 2.41 bits per heavy atom. The van der Waals surface area contributed by atoms with Crippen LogP contribution in [-0.4, -0.2) is 25.6 Å². The molecule has 1 atom stereocenters. The Labute approximate surface area is 162 Å². The fraction of sp³-hybridized carbons (Fsp3) is 0.609. The first kappa shape index (κ1) is 19.8. The molecular formula is C23H32O4. The summed E-state index contributed by atoms with van der Waals surface area (Å²) in [5.41, 5.74) is 3.39. The normalized spacial score (nSPS) is 24.3. The van der Waals surface area contributed by atoms with Crippen molar-refractivity contribution in [3.8, 4) is 17.2 Å². The summed E-state index contributed by atoms with van der Waals surface area (Å²) in [5, 5.41) is 0. The molecule has 1 heterocycles. The first-order chi connectivity index (χ1) is 12.7. The topological polar surface area (TPSA) is 44.8 Å². The van der Waals surface area contributed by atoms with E-state index in [1.807, 2.05) is 0 Å². The molecule has 0 aromatic heterocycles. The highest BCUT2D eigenvalue weighted by Crippen LogP contribution is 2.46. The number of ether oxygens (including phenoxy) is 3. The van der Waals surface area contributed by atoms with Gasteiger partial charge in [0.2, 0.25) is 0 Å². The van der Waals surface area contributed by atoms with Gasteiger partial charge in [0.05, 0.1) is 26.2 Å². The van der Waals surface area contributed by atoms with E-state index in [2.05, 4.69) is 27.7 Å². The molecule has 2 aliphatic rings. The van der Waals surface area contributed by atoms with E-state index in [9.17, 15) is 4.79 Å². The van der Waals surface area contributed by atoms with E-state index in [4.69, 9.17) is 14.2 Å². The number of carbonyl (C=O) groups excluding carboxylic acids is 1. The second-order valence-corrected chi connectivity index (χ2v) is 8.85. The lowest BCUT2D eigenvalue weighted by Gasteiger charge is -2.39. The summed E-state index contributed by atoms with van der Waals surface area (Å²) in [6.45, 7) is 8.99. The van der Waals surface area contributed by atoms with Crippen molar-refractivity contribution in [3.05, 3.63) is 28.8 Å². The summed E-state index contributed by atoms with van der Waals surface area (Å²) >= 11 is 0. The number of rotatable bonds is 5. The third-order valence-corrected chi connectivity index (χ3v) is 6.27. The number of fused-ring (bicyclic) bond motifs is 1. The molecule has 0 radical (unpaired) electrons. The summed E-state index contributed by atoms with van der Waals surface area (Å²) < 4.78 is 17.1. The number of hydrogen-bond acceptors (Lipinski definition) is 4. The van der Waals surface area contributed by atoms with Crippen LogP contribution in [0, 0.1) is 5.41 Å². The number of ketones is 1. The van der Waals surface area contributed by atoms with Crippen LogP contribution in [0.15, 0.2) is 23.3 Å². The van der Waals surface area contributed by atoms with E-state index in [-0.39, 0.29) is 11.2 Å². The van der Waals surface area contributed by atoms with Crippen LogP contribution in [0.3, 0.4) is 0 Å². The minimum absolute atomic E-state index is 0.105. The molecule has 0 fully saturated rings. The molecule has 4 nitrogen and oxygen atoms in total. The molecule has 1 aromatic rings. The highest BCUT2D eigenvalue weighted by molar-refractivity contribution is 6.01. The van der Waals surface area contributed by atoms with Crippen molar-refractivity contribution in [1.82, 2.24) is 0 Å². The average Bonchev–Trinajstić information content (AvgIpc) is 2.59. The van der Waals surface area contributed by atoms with Crippen LogP contribution < -0.4 is 14.2 Å². The standard InChI is InChI=1S/C23H32O4/c1-15-8-7-10-22(2,3)17(15)9-11-23(4)14-18(24)16-12-20(25-5)21(26-6)13-19(16)27-23/h12-13H,7-11,14H2,1-6H3. The number of benzene rings is 1. The van der Waals surface area contributed by atoms with Gasteiger partial charge in [-0.2, -0.15) is 0 Å². The molecule has 0 saturated carbocycles. The van der Waals surface area contributed by atoms with Crippen molar-refractivity contribution in [2.75, 3.05) is 14.2 Å². The Kier molecular flexibility index (Phi) is 5.29. The van der Waals surface area contributed by atoms with E-state index in [1.54, 1.807) is 31.9 Å². The quantitative estimate of drug-likeness (QED) is 0.619. The van der Waals surface area contributed by atoms with E-state index in [0.29, 0.717) is 29.2 Å². The minimum atomic E-state index is -0.496. The Balaban J connectivity index is 1.83. The molecule has 1 aliphatic heterocycles. The monoisotopic (exact) mass is 372 g/mol. The van der Waals surface area contributed by atoms with Gasteiger partial charge in [-0.15, -0.1) is 0 Å². The van der Waals surface area contributed by atoms with Gasteiger partial charge in [0.15, 0.2) is 17.3 Å². The van der Waals surface area contributed by atoms with Crippen molar-refractivity contribution in [2.45, 2.75) is 71.8 Å². The second kappa shape index (κ2) is 7.21. The van der Waals surface area contributed by atoms with Crippen molar-refractivity contribution in [2.24, 2.45) is 5.41 Å². The molecule has 1 aromatic carbocycles. The molecule has 148 valence electrons. The number of carbonyl (C=O) groups is 1. The van der Waals surface area contributed by atoms with Crippen LogP contribution in [0.5, 0.6) is 17.2 Å². The number of Topliss-reactive ketones (excluding diaryl/α,β-unsaturated/α-hetero) is 1. The number of hydrogen-bond donors (Lipinski definition) is 0. The summed E-state index contributed by atoms with van der Waals surface area (Å²) in [6, 6.07) is 3.51. The first-order valence-electron chi connectivity index (χ1n) is 9.86. The molecule has 0 saturated heterocycles. The first-order valence-corrected chi connectivity index (χ1v) is 9.86. The molecular weight excluding hydrogens is 340 g/mol. The Hall–Kier alpha value is -1.97. The zero-order chi connectivity index (χ0) is 19.8. The predicted molar refractivity (Wildman–Crippen MR) is 107 cm³/mol. The van der Waals surface area contributed by atoms with Gasteiger partial charge in [-0.3, -0.25) is 4.79 Å². The van der Waals surface area contributed by atoms with E-state index in [1.165, 1.54) is 24.8 Å². The maximum Gasteiger partial charge on any atom is 0.170 e. The zero-order valence-electron chi connectivity index (χ0n) is 17.5. The summed E-state index contributed by atoms with van der Waals surface area (Å²) in [5.74, 6) is 1.84. The van der Waals surface area contributed by atoms with Crippen molar-refractivity contribution in [1.29, 1.82) is 0 Å². The van der Waals surface area contributed by atoms with Crippen LogP contribution in [0.1, 0.15) is 76.6 Å². The zero-order valence-corrected chi connectivity index (χ0v) is 17.5. The Morgan fingerprint density at radius 1 is 1.11 bits per heavy atom. The van der Waals surface area contributed by atoms with Crippen molar-refractivity contribution < 1.29 is 19.0 Å². The third kappa shape index (κ3) is 3.85. The lowest BCUT2D eigenvalue weighted by Crippen LogP contribution is -2.39. The van der Waals surface area contributed by atoms with Crippen molar-refractivity contribution >= 4 is 5.78 Å². The number of allylic oxidation sites excluding steroid dienone is 2. The van der Waals surface area contributed by atoms with Gasteiger partial charge in [0, 0.05) is 6.07 Å². The lowest BCUT2D eigenvalue weighted by molar-refractivity contribution is 0.0459. The molecule has 0 amide bonds. The average molecular weight is 373 g/mol. The van der Waals surface area contributed by atoms with Gasteiger partial charge >= 0.3 is 0 Å². The Bertz CT molecular complexity index is 775. The minimum Gasteiger partial charge on any atom is -0.493 e. The molecule has 0 spiro atoms. The molecule has 1 aliphatic carbocycles. The summed E-state index contributed by atoms with van der Waals surface area (Å²) in [6.07, 6.45) is 5.89. The highest BCUT2D eigenvalue weighted by atomic mass is 16.5. The molecule has 3 rings (SSSR count). The van der Waals surface area contributed by atoms with Crippen LogP contribution in [0.25, 0.3) is 0 Å². The van der Waals surface area contributed by atoms with Crippen LogP contribution in [-0.2, 0) is 0 Å². The molecule has 0 bridgehead atoms. The summed E-state index contributed by atoms with van der Waals surface area (Å²) in [7, 11) is 3.17. The smallest absolute Gasteiger partial charge is 0.170 e. The molecule has 27 heavy (non-hydrogen) atoms. The van der Waals surface area contributed by atoms with Gasteiger partial charge in [-0.25, -0.2) is 0 Å². The van der Waals surface area contributed by atoms with Crippen molar-refractivity contribution in [3.63, 3.8) is 0 Å². The molecule has 0 N–H and O–H groups in total. The SMILES string of the molecule is COc1cc2c(cc1OC)C(=O)CC(C)(CCC1=C(C)CCCC1(C)C)O2. The summed E-state index contributed by atoms with van der Waals surface area (Å²) in [4.78, 5) is 12.8. The fourth-order valence-corrected chi connectivity index (χ4v) is 4.65.